The summed E-state index contributed by atoms with van der Waals surface area (Å²) in [6.45, 7) is 1.17. The Labute approximate surface area is 94.3 Å². The number of rotatable bonds is 2. The molecule has 15 heavy (non-hydrogen) atoms. The van der Waals surface area contributed by atoms with Crippen molar-refractivity contribution in [3.05, 3.63) is 34.1 Å². The molecule has 0 fully saturated rings. The molecule has 1 aromatic rings. The molecule has 0 amide bonds. The first-order valence-electron chi connectivity index (χ1n) is 4.02. The molecule has 0 radical (unpaired) electrons. The predicted octanol–water partition coefficient (Wildman–Crippen LogP) is 2.45. The van der Waals surface area contributed by atoms with Gasteiger partial charge in [-0.25, -0.2) is 4.39 Å². The average molecular weight is 272 g/mol. The summed E-state index contributed by atoms with van der Waals surface area (Å²) in [5.41, 5.74) is -2.01. The number of nitriles is 1. The van der Waals surface area contributed by atoms with E-state index in [4.69, 9.17) is 10.4 Å². The molecular weight excluding hydrogens is 265 g/mol. The van der Waals surface area contributed by atoms with Crippen LogP contribution in [0.3, 0.4) is 0 Å². The molecule has 3 nitrogen and oxygen atoms in total. The Hall–Kier alpha value is -1.41. The summed E-state index contributed by atoms with van der Waals surface area (Å²) in [5.74, 6) is -2.08. The van der Waals surface area contributed by atoms with Crippen molar-refractivity contribution in [2.75, 3.05) is 0 Å². The molecule has 1 N–H and O–H groups in total. The number of benzene rings is 1. The quantitative estimate of drug-likeness (QED) is 0.899. The van der Waals surface area contributed by atoms with Crippen molar-refractivity contribution in [1.29, 1.82) is 5.26 Å². The van der Waals surface area contributed by atoms with E-state index in [-0.39, 0.29) is 5.56 Å². The van der Waals surface area contributed by atoms with Gasteiger partial charge in [-0.3, -0.25) is 4.79 Å². The van der Waals surface area contributed by atoms with Crippen molar-refractivity contribution in [1.82, 2.24) is 0 Å². The Morgan fingerprint density at radius 3 is 2.73 bits per heavy atom. The number of halogens is 2. The molecule has 5 heteroatoms. The Balaban J connectivity index is 3.44. The Morgan fingerprint density at radius 2 is 2.27 bits per heavy atom. The molecule has 0 aliphatic rings. The first-order valence-corrected chi connectivity index (χ1v) is 4.81. The van der Waals surface area contributed by atoms with Crippen molar-refractivity contribution in [2.24, 2.45) is 0 Å². The van der Waals surface area contributed by atoms with Gasteiger partial charge in [0, 0.05) is 10.0 Å². The number of aliphatic carboxylic acids is 1. The fourth-order valence-electron chi connectivity index (χ4n) is 1.10. The van der Waals surface area contributed by atoms with Crippen molar-refractivity contribution < 1.29 is 14.3 Å². The number of hydrogen-bond acceptors (Lipinski definition) is 2. The van der Waals surface area contributed by atoms with Crippen LogP contribution >= 0.6 is 15.9 Å². The molecule has 0 aliphatic heterocycles. The molecule has 0 aromatic heterocycles. The van der Waals surface area contributed by atoms with Crippen molar-refractivity contribution in [3.8, 4) is 6.07 Å². The summed E-state index contributed by atoms with van der Waals surface area (Å²) in [7, 11) is 0. The van der Waals surface area contributed by atoms with E-state index in [0.717, 1.165) is 6.07 Å². The summed E-state index contributed by atoms with van der Waals surface area (Å²) >= 11 is 3.10. The van der Waals surface area contributed by atoms with Gasteiger partial charge in [0.1, 0.15) is 5.82 Å². The van der Waals surface area contributed by atoms with Gasteiger partial charge in [-0.15, -0.1) is 0 Å². The van der Waals surface area contributed by atoms with E-state index >= 15 is 0 Å². The van der Waals surface area contributed by atoms with Gasteiger partial charge in [0.15, 0.2) is 5.41 Å². The van der Waals surface area contributed by atoms with Crippen LogP contribution in [0.4, 0.5) is 4.39 Å². The number of carbonyl (C=O) groups is 1. The minimum absolute atomic E-state index is 0.146. The van der Waals surface area contributed by atoms with Crippen molar-refractivity contribution in [2.45, 2.75) is 12.3 Å². The summed E-state index contributed by atoms with van der Waals surface area (Å²) in [5, 5.41) is 17.7. The highest BCUT2D eigenvalue weighted by molar-refractivity contribution is 9.10. The van der Waals surface area contributed by atoms with E-state index in [9.17, 15) is 9.18 Å². The average Bonchev–Trinajstić information content (AvgIpc) is 2.20. The summed E-state index contributed by atoms with van der Waals surface area (Å²) in [4.78, 5) is 10.9. The lowest BCUT2D eigenvalue weighted by Gasteiger charge is -2.17. The second kappa shape index (κ2) is 3.99. The van der Waals surface area contributed by atoms with Crippen molar-refractivity contribution in [3.63, 3.8) is 0 Å². The Kier molecular flexibility index (Phi) is 3.10. The van der Waals surface area contributed by atoms with E-state index in [1.165, 1.54) is 19.1 Å². The second-order valence-electron chi connectivity index (χ2n) is 3.17. The SMILES string of the molecule is CC(C#N)(C(=O)O)c1cc(Br)ccc1F. The molecule has 1 aromatic carbocycles. The van der Waals surface area contributed by atoms with E-state index in [1.54, 1.807) is 6.07 Å². The number of hydrogen-bond donors (Lipinski definition) is 1. The topological polar surface area (TPSA) is 61.1 Å². The first kappa shape index (κ1) is 11.7. The standard InChI is InChI=1S/C10H7BrFNO2/c1-10(5-13,9(14)15)7-4-6(11)2-3-8(7)12/h2-4H,1H3,(H,14,15). The van der Waals surface area contributed by atoms with Gasteiger partial charge in [-0.2, -0.15) is 5.26 Å². The Bertz CT molecular complexity index is 455. The van der Waals surface area contributed by atoms with Crippen LogP contribution in [0.25, 0.3) is 0 Å². The first-order chi connectivity index (χ1) is 6.91. The van der Waals surface area contributed by atoms with Crippen molar-refractivity contribution >= 4 is 21.9 Å². The summed E-state index contributed by atoms with van der Waals surface area (Å²) in [6.07, 6.45) is 0. The Morgan fingerprint density at radius 1 is 1.67 bits per heavy atom. The smallest absolute Gasteiger partial charge is 0.328 e. The van der Waals surface area contributed by atoms with E-state index in [1.807, 2.05) is 0 Å². The zero-order valence-electron chi connectivity index (χ0n) is 7.79. The molecule has 0 bridgehead atoms. The van der Waals surface area contributed by atoms with Crippen LogP contribution < -0.4 is 0 Å². The van der Waals surface area contributed by atoms with Gasteiger partial charge < -0.3 is 5.11 Å². The van der Waals surface area contributed by atoms with Gasteiger partial charge in [0.25, 0.3) is 0 Å². The molecule has 0 saturated heterocycles. The minimum atomic E-state index is -1.87. The summed E-state index contributed by atoms with van der Waals surface area (Å²) < 4.78 is 13.9. The molecule has 1 rings (SSSR count). The highest BCUT2D eigenvalue weighted by atomic mass is 79.9. The molecule has 0 saturated carbocycles. The van der Waals surface area contributed by atoms with Crippen LogP contribution in [0.5, 0.6) is 0 Å². The van der Waals surface area contributed by atoms with E-state index in [2.05, 4.69) is 15.9 Å². The van der Waals surface area contributed by atoms with Gasteiger partial charge in [0.05, 0.1) is 6.07 Å². The second-order valence-corrected chi connectivity index (χ2v) is 4.08. The molecule has 78 valence electrons. The van der Waals surface area contributed by atoms with Gasteiger partial charge in [0.2, 0.25) is 0 Å². The van der Waals surface area contributed by atoms with Crippen LogP contribution in [-0.4, -0.2) is 11.1 Å². The predicted molar refractivity (Wildman–Crippen MR) is 54.7 cm³/mol. The van der Waals surface area contributed by atoms with Gasteiger partial charge in [-0.1, -0.05) is 15.9 Å². The minimum Gasteiger partial charge on any atom is -0.480 e. The van der Waals surface area contributed by atoms with Crippen LogP contribution in [0.2, 0.25) is 0 Å². The third-order valence-electron chi connectivity index (χ3n) is 2.12. The lowest BCUT2D eigenvalue weighted by molar-refractivity contribution is -0.141. The number of nitrogens with zero attached hydrogens (tertiary/aromatic N) is 1. The highest BCUT2D eigenvalue weighted by Crippen LogP contribution is 2.28. The third kappa shape index (κ3) is 2.00. The monoisotopic (exact) mass is 271 g/mol. The van der Waals surface area contributed by atoms with Crippen LogP contribution in [-0.2, 0) is 10.2 Å². The molecule has 1 atom stereocenters. The van der Waals surface area contributed by atoms with E-state index in [0.29, 0.717) is 4.47 Å². The number of carboxylic acid groups (broad SMARTS) is 1. The normalized spacial score (nSPS) is 14.0. The highest BCUT2D eigenvalue weighted by Gasteiger charge is 2.38. The molecule has 0 spiro atoms. The summed E-state index contributed by atoms with van der Waals surface area (Å²) in [6, 6.07) is 5.47. The lowest BCUT2D eigenvalue weighted by Crippen LogP contribution is -2.31. The van der Waals surface area contributed by atoms with Gasteiger partial charge in [-0.05, 0) is 25.1 Å². The maximum atomic E-state index is 13.4. The van der Waals surface area contributed by atoms with Crippen LogP contribution in [0, 0.1) is 17.1 Å². The largest absolute Gasteiger partial charge is 0.480 e. The maximum Gasteiger partial charge on any atom is 0.328 e. The molecule has 0 aliphatic carbocycles. The van der Waals surface area contributed by atoms with Crippen LogP contribution in [0.15, 0.2) is 22.7 Å². The number of carboxylic acids is 1. The molecular formula is C10H7BrFNO2. The van der Waals surface area contributed by atoms with E-state index < -0.39 is 17.2 Å². The molecule has 0 heterocycles. The maximum absolute atomic E-state index is 13.4. The third-order valence-corrected chi connectivity index (χ3v) is 2.61. The zero-order chi connectivity index (χ0) is 11.6. The van der Waals surface area contributed by atoms with Crippen LogP contribution in [0.1, 0.15) is 12.5 Å². The fourth-order valence-corrected chi connectivity index (χ4v) is 1.46. The fraction of sp³-hybridized carbons (Fsp3) is 0.200. The lowest BCUT2D eigenvalue weighted by atomic mass is 9.84. The zero-order valence-corrected chi connectivity index (χ0v) is 9.38. The van der Waals surface area contributed by atoms with Gasteiger partial charge >= 0.3 is 5.97 Å². The molecule has 1 unspecified atom stereocenters.